The van der Waals surface area contributed by atoms with E-state index in [1.54, 1.807) is 4.90 Å². The fourth-order valence-corrected chi connectivity index (χ4v) is 5.54. The number of hydrogen-bond acceptors (Lipinski definition) is 7. The van der Waals surface area contributed by atoms with E-state index in [-0.39, 0.29) is 23.8 Å². The molecule has 3 aromatic heterocycles. The van der Waals surface area contributed by atoms with Crippen molar-refractivity contribution in [3.05, 3.63) is 30.1 Å². The van der Waals surface area contributed by atoms with Crippen LogP contribution in [0.4, 0.5) is 17.6 Å². The highest BCUT2D eigenvalue weighted by Gasteiger charge is 2.41. The van der Waals surface area contributed by atoms with E-state index in [0.29, 0.717) is 0 Å². The van der Waals surface area contributed by atoms with Crippen molar-refractivity contribution in [3.8, 4) is 6.07 Å². The predicted octanol–water partition coefficient (Wildman–Crippen LogP) is 3.41. The van der Waals surface area contributed by atoms with Crippen LogP contribution < -0.4 is 10.2 Å². The number of aromatic amines is 1. The van der Waals surface area contributed by atoms with Crippen molar-refractivity contribution >= 4 is 29.0 Å². The van der Waals surface area contributed by atoms with E-state index in [1.807, 2.05) is 49.0 Å². The van der Waals surface area contributed by atoms with Gasteiger partial charge >= 0.3 is 0 Å². The number of nitrogens with zero attached hydrogens (tertiary/aromatic N) is 7. The third kappa shape index (κ3) is 4.30. The van der Waals surface area contributed by atoms with E-state index in [2.05, 4.69) is 20.4 Å². The number of nitrogens with one attached hydrogen (secondary N) is 2. The molecule has 4 heterocycles. The van der Waals surface area contributed by atoms with Crippen molar-refractivity contribution in [1.82, 2.24) is 29.7 Å². The Bertz CT molecular complexity index is 1210. The maximum atomic E-state index is 12.2. The number of fused-ring (bicyclic) bond motifs is 1. The van der Waals surface area contributed by atoms with Gasteiger partial charge in [0, 0.05) is 44.1 Å². The average Bonchev–Trinajstić information content (AvgIpc) is 3.48. The minimum atomic E-state index is -0.0747. The zero-order chi connectivity index (χ0) is 23.7. The van der Waals surface area contributed by atoms with Crippen LogP contribution in [0, 0.1) is 23.7 Å². The highest BCUT2D eigenvalue weighted by atomic mass is 16.2. The van der Waals surface area contributed by atoms with Gasteiger partial charge in [0.2, 0.25) is 11.9 Å². The van der Waals surface area contributed by atoms with Gasteiger partial charge in [0.15, 0.2) is 11.6 Å². The number of carbonyl (C=O) groups is 1. The fourth-order valence-electron chi connectivity index (χ4n) is 5.54. The molecule has 1 aliphatic carbocycles. The molecular weight excluding hydrogens is 430 g/mol. The number of nitriles is 1. The zero-order valence-electron chi connectivity index (χ0n) is 19.8. The number of anilines is 3. The van der Waals surface area contributed by atoms with Crippen molar-refractivity contribution in [2.45, 2.75) is 57.9 Å². The minimum Gasteiger partial charge on any atom is -0.342 e. The fraction of sp³-hybridized carbons (Fsp3) is 0.542. The van der Waals surface area contributed by atoms with Gasteiger partial charge in [0.1, 0.15) is 11.9 Å². The van der Waals surface area contributed by atoms with E-state index in [9.17, 15) is 4.79 Å². The normalized spacial score (nSPS) is 22.6. The van der Waals surface area contributed by atoms with Gasteiger partial charge in [-0.25, -0.2) is 4.52 Å². The van der Waals surface area contributed by atoms with Gasteiger partial charge in [-0.3, -0.25) is 9.89 Å². The second-order valence-corrected chi connectivity index (χ2v) is 9.76. The third-order valence-corrected chi connectivity index (χ3v) is 7.46. The Labute approximate surface area is 198 Å². The molecule has 5 rings (SSSR count). The molecule has 178 valence electrons. The number of amides is 1. The summed E-state index contributed by atoms with van der Waals surface area (Å²) in [5.74, 6) is 2.12. The molecular formula is C24H31N9O. The second kappa shape index (κ2) is 8.97. The Morgan fingerprint density at radius 3 is 2.94 bits per heavy atom. The zero-order valence-corrected chi connectivity index (χ0v) is 19.8. The lowest BCUT2D eigenvalue weighted by Crippen LogP contribution is -2.49. The van der Waals surface area contributed by atoms with Crippen LogP contribution in [-0.2, 0) is 4.79 Å². The Morgan fingerprint density at radius 1 is 1.38 bits per heavy atom. The molecule has 0 unspecified atom stereocenters. The molecule has 34 heavy (non-hydrogen) atoms. The molecule has 3 aromatic rings. The number of aryl methyl sites for hydroxylation is 1. The lowest BCUT2D eigenvalue weighted by molar-refractivity contribution is -0.132. The van der Waals surface area contributed by atoms with Gasteiger partial charge in [0.25, 0.3) is 0 Å². The number of aromatic nitrogens is 5. The van der Waals surface area contributed by atoms with Crippen molar-refractivity contribution < 1.29 is 4.79 Å². The summed E-state index contributed by atoms with van der Waals surface area (Å²) in [5, 5.41) is 24.3. The van der Waals surface area contributed by atoms with Gasteiger partial charge in [-0.05, 0) is 63.0 Å². The summed E-state index contributed by atoms with van der Waals surface area (Å²) < 4.78 is 1.87. The van der Waals surface area contributed by atoms with E-state index < -0.39 is 0 Å². The van der Waals surface area contributed by atoms with Crippen LogP contribution in [0.2, 0.25) is 0 Å². The summed E-state index contributed by atoms with van der Waals surface area (Å²) in [4.78, 5) is 21.2. The summed E-state index contributed by atoms with van der Waals surface area (Å²) in [6.45, 7) is 3.82. The van der Waals surface area contributed by atoms with Crippen molar-refractivity contribution in [3.63, 3.8) is 0 Å². The van der Waals surface area contributed by atoms with Crippen LogP contribution in [0.25, 0.3) is 5.52 Å². The molecule has 0 aromatic carbocycles. The number of hydrogen-bond donors (Lipinski definition) is 2. The molecule has 1 saturated heterocycles. The van der Waals surface area contributed by atoms with Crippen molar-refractivity contribution in [1.29, 1.82) is 5.26 Å². The number of H-pyrrole nitrogens is 1. The first-order valence-electron chi connectivity index (χ1n) is 12.0. The molecule has 0 atom stereocenters. The summed E-state index contributed by atoms with van der Waals surface area (Å²) in [7, 11) is 1.84. The minimum absolute atomic E-state index is 0.0423. The average molecular weight is 462 g/mol. The summed E-state index contributed by atoms with van der Waals surface area (Å²) >= 11 is 0. The molecule has 1 spiro atoms. The molecule has 10 heteroatoms. The Balaban J connectivity index is 1.33. The van der Waals surface area contributed by atoms with E-state index in [0.717, 1.165) is 74.0 Å². The topological polar surface area (TPSA) is 118 Å². The van der Waals surface area contributed by atoms with Crippen LogP contribution in [-0.4, -0.2) is 61.8 Å². The number of piperidine rings is 1. The van der Waals surface area contributed by atoms with Gasteiger partial charge < -0.3 is 15.1 Å². The SMILES string of the molecule is Cc1cc(Nc2nc(N3CCCC4(CCC(N(C)C(=O)CC#N)CC4)C3)nn3cccc23)n[nH]1. The Hall–Kier alpha value is -3.61. The molecule has 0 bridgehead atoms. The molecule has 2 N–H and O–H groups in total. The second-order valence-electron chi connectivity index (χ2n) is 9.76. The molecule has 1 saturated carbocycles. The van der Waals surface area contributed by atoms with E-state index in [1.165, 1.54) is 6.42 Å². The largest absolute Gasteiger partial charge is 0.342 e. The Morgan fingerprint density at radius 2 is 2.21 bits per heavy atom. The van der Waals surface area contributed by atoms with Gasteiger partial charge in [-0.1, -0.05) is 0 Å². The van der Waals surface area contributed by atoms with Gasteiger partial charge in [-0.15, -0.1) is 5.10 Å². The molecule has 10 nitrogen and oxygen atoms in total. The molecule has 2 aliphatic rings. The third-order valence-electron chi connectivity index (χ3n) is 7.46. The standard InChI is InChI=1S/C24H31N9O/c1-17-15-20(29-28-17)26-22-19-5-3-14-33(19)30-23(27-22)32-13-4-9-24(16-32)10-6-18(7-11-24)31(2)21(34)8-12-25/h3,5,14-15,18H,4,6-11,13,16H2,1-2H3,(H2,26,27,28,29,30). The van der Waals surface area contributed by atoms with Crippen molar-refractivity contribution in [2.24, 2.45) is 5.41 Å². The highest BCUT2D eigenvalue weighted by molar-refractivity contribution is 5.78. The lowest BCUT2D eigenvalue weighted by atomic mass is 9.68. The molecule has 1 amide bonds. The van der Waals surface area contributed by atoms with E-state index in [4.69, 9.17) is 15.3 Å². The first-order chi connectivity index (χ1) is 16.5. The molecule has 0 radical (unpaired) electrons. The van der Waals surface area contributed by atoms with Crippen LogP contribution in [0.3, 0.4) is 0 Å². The van der Waals surface area contributed by atoms with Crippen LogP contribution in [0.5, 0.6) is 0 Å². The smallest absolute Gasteiger partial charge is 0.245 e. The molecule has 1 aliphatic heterocycles. The maximum Gasteiger partial charge on any atom is 0.245 e. The van der Waals surface area contributed by atoms with Gasteiger partial charge in [0.05, 0.1) is 6.07 Å². The summed E-state index contributed by atoms with van der Waals surface area (Å²) in [6.07, 6.45) is 8.29. The first-order valence-corrected chi connectivity index (χ1v) is 12.0. The summed E-state index contributed by atoms with van der Waals surface area (Å²) in [5.41, 5.74) is 2.11. The predicted molar refractivity (Wildman–Crippen MR) is 129 cm³/mol. The number of carbonyl (C=O) groups excluding carboxylic acids is 1. The molecule has 2 fully saturated rings. The Kier molecular flexibility index (Phi) is 5.86. The quantitative estimate of drug-likeness (QED) is 0.598. The van der Waals surface area contributed by atoms with Crippen LogP contribution in [0.15, 0.2) is 24.4 Å². The van der Waals surface area contributed by atoms with Crippen LogP contribution >= 0.6 is 0 Å². The number of rotatable bonds is 5. The van der Waals surface area contributed by atoms with Crippen molar-refractivity contribution in [2.75, 3.05) is 30.4 Å². The van der Waals surface area contributed by atoms with Crippen LogP contribution in [0.1, 0.15) is 50.6 Å². The lowest BCUT2D eigenvalue weighted by Gasteiger charge is -2.48. The first kappa shape index (κ1) is 22.2. The maximum absolute atomic E-state index is 12.2. The van der Waals surface area contributed by atoms with E-state index >= 15 is 0 Å². The van der Waals surface area contributed by atoms with Gasteiger partial charge in [-0.2, -0.15) is 15.3 Å². The monoisotopic (exact) mass is 461 g/mol. The summed E-state index contributed by atoms with van der Waals surface area (Å²) in [6, 6.07) is 8.12. The highest BCUT2D eigenvalue weighted by Crippen LogP contribution is 2.45.